The summed E-state index contributed by atoms with van der Waals surface area (Å²) in [6, 6.07) is 4.77. The minimum atomic E-state index is -0.390. The van der Waals surface area contributed by atoms with Gasteiger partial charge in [0.15, 0.2) is 0 Å². The minimum absolute atomic E-state index is 0.168. The topological polar surface area (TPSA) is 55.1 Å². The van der Waals surface area contributed by atoms with Crippen LogP contribution in [0.5, 0.6) is 0 Å². The highest BCUT2D eigenvalue weighted by Crippen LogP contribution is 2.23. The Kier molecular flexibility index (Phi) is 3.36. The molecule has 0 radical (unpaired) electrons. The third kappa shape index (κ3) is 2.78. The second kappa shape index (κ2) is 4.77. The van der Waals surface area contributed by atoms with Crippen LogP contribution in [0.2, 0.25) is 10.0 Å². The van der Waals surface area contributed by atoms with Crippen molar-refractivity contribution in [2.45, 2.75) is 6.92 Å². The molecular formula is C11H8Cl2N2O2. The van der Waals surface area contributed by atoms with Gasteiger partial charge in [-0.15, -0.1) is 0 Å². The molecule has 4 nitrogen and oxygen atoms in total. The van der Waals surface area contributed by atoms with Crippen LogP contribution in [0.15, 0.2) is 28.9 Å². The Labute approximate surface area is 108 Å². The zero-order chi connectivity index (χ0) is 12.4. The molecule has 2 aromatic rings. The lowest BCUT2D eigenvalue weighted by Crippen LogP contribution is -2.12. The first-order chi connectivity index (χ1) is 8.06. The molecule has 0 spiro atoms. The number of rotatable bonds is 2. The molecule has 2 rings (SSSR count). The fourth-order valence-corrected chi connectivity index (χ4v) is 1.85. The van der Waals surface area contributed by atoms with E-state index < -0.39 is 5.91 Å². The van der Waals surface area contributed by atoms with E-state index in [-0.39, 0.29) is 5.76 Å². The molecule has 0 aliphatic carbocycles. The number of amides is 1. The molecule has 0 saturated heterocycles. The van der Waals surface area contributed by atoms with E-state index in [1.54, 1.807) is 25.1 Å². The first kappa shape index (κ1) is 12.0. The molecule has 0 atom stereocenters. The van der Waals surface area contributed by atoms with Gasteiger partial charge in [0.1, 0.15) is 0 Å². The molecule has 88 valence electrons. The van der Waals surface area contributed by atoms with Crippen LogP contribution in [0.4, 0.5) is 5.69 Å². The van der Waals surface area contributed by atoms with Crippen LogP contribution >= 0.6 is 23.2 Å². The van der Waals surface area contributed by atoms with Crippen molar-refractivity contribution >= 4 is 34.8 Å². The van der Waals surface area contributed by atoms with Gasteiger partial charge in [-0.25, -0.2) is 0 Å². The smallest absolute Gasteiger partial charge is 0.294 e. The number of anilines is 1. The quantitative estimate of drug-likeness (QED) is 0.908. The van der Waals surface area contributed by atoms with Gasteiger partial charge in [0.2, 0.25) is 5.76 Å². The number of aromatic nitrogens is 1. The number of nitrogens with one attached hydrogen (secondary N) is 1. The van der Waals surface area contributed by atoms with Gasteiger partial charge in [0, 0.05) is 21.3 Å². The summed E-state index contributed by atoms with van der Waals surface area (Å²) in [6.07, 6.45) is 1.47. The van der Waals surface area contributed by atoms with Crippen molar-refractivity contribution in [1.29, 1.82) is 0 Å². The second-order valence-electron chi connectivity index (χ2n) is 3.45. The number of carbonyl (C=O) groups is 1. The van der Waals surface area contributed by atoms with E-state index in [0.29, 0.717) is 21.3 Å². The van der Waals surface area contributed by atoms with Gasteiger partial charge in [-0.2, -0.15) is 0 Å². The average Bonchev–Trinajstić information content (AvgIpc) is 2.62. The number of hydrogen-bond donors (Lipinski definition) is 1. The summed E-state index contributed by atoms with van der Waals surface area (Å²) < 4.78 is 4.83. The maximum Gasteiger partial charge on any atom is 0.294 e. The largest absolute Gasteiger partial charge is 0.351 e. The predicted molar refractivity (Wildman–Crippen MR) is 65.7 cm³/mol. The third-order valence-corrected chi connectivity index (χ3v) is 2.51. The Morgan fingerprint density at radius 1 is 1.29 bits per heavy atom. The van der Waals surface area contributed by atoms with E-state index in [2.05, 4.69) is 10.5 Å². The summed E-state index contributed by atoms with van der Waals surface area (Å²) in [7, 11) is 0. The van der Waals surface area contributed by atoms with Crippen molar-refractivity contribution in [3.05, 3.63) is 45.8 Å². The molecule has 1 amide bonds. The molecule has 0 unspecified atom stereocenters. The van der Waals surface area contributed by atoms with Gasteiger partial charge in [0.25, 0.3) is 5.91 Å². The molecule has 1 aromatic heterocycles. The Morgan fingerprint density at radius 3 is 2.47 bits per heavy atom. The lowest BCUT2D eigenvalue weighted by molar-refractivity contribution is 0.0987. The highest BCUT2D eigenvalue weighted by molar-refractivity contribution is 6.35. The molecule has 0 fully saturated rings. The number of halogens is 2. The maximum atomic E-state index is 11.8. The van der Waals surface area contributed by atoms with Gasteiger partial charge in [-0.05, 0) is 25.1 Å². The molecule has 1 N–H and O–H groups in total. The molecule has 6 heteroatoms. The molecule has 1 aromatic carbocycles. The van der Waals surface area contributed by atoms with E-state index in [1.165, 1.54) is 6.20 Å². The first-order valence-electron chi connectivity index (χ1n) is 4.75. The Hall–Kier alpha value is -1.52. The fourth-order valence-electron chi connectivity index (χ4n) is 1.32. The second-order valence-corrected chi connectivity index (χ2v) is 4.32. The number of benzene rings is 1. The molecule has 17 heavy (non-hydrogen) atoms. The van der Waals surface area contributed by atoms with E-state index in [1.807, 2.05) is 0 Å². The van der Waals surface area contributed by atoms with Crippen molar-refractivity contribution in [3.63, 3.8) is 0 Å². The van der Waals surface area contributed by atoms with Crippen molar-refractivity contribution in [3.8, 4) is 0 Å². The normalized spacial score (nSPS) is 10.3. The monoisotopic (exact) mass is 270 g/mol. The van der Waals surface area contributed by atoms with Gasteiger partial charge in [0.05, 0.1) is 6.20 Å². The minimum Gasteiger partial charge on any atom is -0.351 e. The van der Waals surface area contributed by atoms with Crippen LogP contribution in [-0.4, -0.2) is 11.1 Å². The van der Waals surface area contributed by atoms with Crippen LogP contribution in [0.25, 0.3) is 0 Å². The van der Waals surface area contributed by atoms with Crippen LogP contribution in [-0.2, 0) is 0 Å². The van der Waals surface area contributed by atoms with Crippen molar-refractivity contribution in [2.24, 2.45) is 0 Å². The Bertz CT molecular complexity index is 546. The summed E-state index contributed by atoms with van der Waals surface area (Å²) in [6.45, 7) is 1.73. The standard InChI is InChI=1S/C11H8Cl2N2O2/c1-6-5-14-17-10(6)11(16)15-9-3-7(12)2-8(13)4-9/h2-5H,1H3,(H,15,16). The SMILES string of the molecule is Cc1cnoc1C(=O)Nc1cc(Cl)cc(Cl)c1. The Morgan fingerprint density at radius 2 is 1.94 bits per heavy atom. The number of aryl methyl sites for hydroxylation is 1. The number of nitrogens with zero attached hydrogens (tertiary/aromatic N) is 1. The maximum absolute atomic E-state index is 11.8. The molecule has 0 saturated carbocycles. The van der Waals surface area contributed by atoms with Crippen molar-refractivity contribution in [2.75, 3.05) is 5.32 Å². The van der Waals surface area contributed by atoms with Crippen LogP contribution < -0.4 is 5.32 Å². The van der Waals surface area contributed by atoms with E-state index in [4.69, 9.17) is 27.7 Å². The van der Waals surface area contributed by atoms with Gasteiger partial charge < -0.3 is 9.84 Å². The summed E-state index contributed by atoms with van der Waals surface area (Å²) >= 11 is 11.6. The van der Waals surface area contributed by atoms with E-state index in [0.717, 1.165) is 0 Å². The summed E-state index contributed by atoms with van der Waals surface area (Å²) in [5.41, 5.74) is 1.17. The first-order valence-corrected chi connectivity index (χ1v) is 5.50. The molecule has 1 heterocycles. The van der Waals surface area contributed by atoms with Crippen LogP contribution in [0.1, 0.15) is 16.1 Å². The van der Waals surface area contributed by atoms with Gasteiger partial charge in [-0.3, -0.25) is 4.79 Å². The van der Waals surface area contributed by atoms with Gasteiger partial charge >= 0.3 is 0 Å². The fraction of sp³-hybridized carbons (Fsp3) is 0.0909. The predicted octanol–water partition coefficient (Wildman–Crippen LogP) is 3.54. The highest BCUT2D eigenvalue weighted by Gasteiger charge is 2.14. The van der Waals surface area contributed by atoms with E-state index in [9.17, 15) is 4.79 Å². The lowest BCUT2D eigenvalue weighted by Gasteiger charge is -2.04. The zero-order valence-electron chi connectivity index (χ0n) is 8.83. The highest BCUT2D eigenvalue weighted by atomic mass is 35.5. The average molecular weight is 271 g/mol. The number of carbonyl (C=O) groups excluding carboxylic acids is 1. The summed E-state index contributed by atoms with van der Waals surface area (Å²) in [5, 5.41) is 7.05. The van der Waals surface area contributed by atoms with Crippen molar-refractivity contribution in [1.82, 2.24) is 5.16 Å². The summed E-state index contributed by atoms with van der Waals surface area (Å²) in [4.78, 5) is 11.8. The molecule has 0 aliphatic rings. The Balaban J connectivity index is 2.21. The number of hydrogen-bond acceptors (Lipinski definition) is 3. The van der Waals surface area contributed by atoms with Crippen LogP contribution in [0.3, 0.4) is 0 Å². The van der Waals surface area contributed by atoms with Crippen molar-refractivity contribution < 1.29 is 9.32 Å². The lowest BCUT2D eigenvalue weighted by atomic mass is 10.2. The molecular weight excluding hydrogens is 263 g/mol. The summed E-state index contributed by atoms with van der Waals surface area (Å²) in [5.74, 6) is -0.223. The van der Waals surface area contributed by atoms with Crippen LogP contribution in [0, 0.1) is 6.92 Å². The van der Waals surface area contributed by atoms with Gasteiger partial charge in [-0.1, -0.05) is 28.4 Å². The molecule has 0 bridgehead atoms. The molecule has 0 aliphatic heterocycles. The zero-order valence-corrected chi connectivity index (χ0v) is 10.3. The van der Waals surface area contributed by atoms with E-state index >= 15 is 0 Å². The third-order valence-electron chi connectivity index (χ3n) is 2.08.